The Bertz CT molecular complexity index is 460. The second kappa shape index (κ2) is 8.01. The van der Waals surface area contributed by atoms with Gasteiger partial charge in [-0.3, -0.25) is 9.48 Å². The first-order valence-electron chi connectivity index (χ1n) is 7.25. The van der Waals surface area contributed by atoms with E-state index in [1.165, 1.54) is 5.56 Å². The van der Waals surface area contributed by atoms with Crippen molar-refractivity contribution in [3.05, 3.63) is 18.0 Å². The number of amides is 1. The lowest BCUT2D eigenvalue weighted by atomic mass is 9.97. The van der Waals surface area contributed by atoms with E-state index in [1.54, 1.807) is 0 Å². The number of halogens is 2. The summed E-state index contributed by atoms with van der Waals surface area (Å²) in [6.07, 6.45) is 8.25. The lowest BCUT2D eigenvalue weighted by Crippen LogP contribution is -2.42. The number of aryl methyl sites for hydroxylation is 1. The van der Waals surface area contributed by atoms with Crippen molar-refractivity contribution >= 4 is 30.7 Å². The molecule has 1 aromatic heterocycles. The lowest BCUT2D eigenvalue weighted by molar-refractivity contribution is -0.137. The number of hydrogen-bond donors (Lipinski definition) is 1. The molecule has 0 radical (unpaired) electrons. The average Bonchev–Trinajstić information content (AvgIpc) is 3.07. The molecule has 2 aliphatic heterocycles. The summed E-state index contributed by atoms with van der Waals surface area (Å²) in [6.45, 7) is 2.79. The van der Waals surface area contributed by atoms with Crippen molar-refractivity contribution in [1.29, 1.82) is 0 Å². The predicted octanol–water partition coefficient (Wildman–Crippen LogP) is 1.93. The van der Waals surface area contributed by atoms with E-state index in [9.17, 15) is 4.79 Å². The first kappa shape index (κ1) is 18.3. The van der Waals surface area contributed by atoms with Gasteiger partial charge in [-0.15, -0.1) is 24.8 Å². The fraction of sp³-hybridized carbons (Fsp3) is 0.714. The van der Waals surface area contributed by atoms with E-state index in [2.05, 4.69) is 15.3 Å². The third-order valence-corrected chi connectivity index (χ3v) is 4.29. The lowest BCUT2D eigenvalue weighted by Gasteiger charge is -2.30. The number of piperidine rings is 1. The largest absolute Gasteiger partial charge is 0.335 e. The van der Waals surface area contributed by atoms with Crippen molar-refractivity contribution in [2.24, 2.45) is 13.0 Å². The second-order valence-corrected chi connectivity index (χ2v) is 5.68. The molecule has 2 unspecified atom stereocenters. The Balaban J connectivity index is 0.00000110. The molecule has 2 atom stereocenters. The van der Waals surface area contributed by atoms with Crippen molar-refractivity contribution in [3.63, 3.8) is 0 Å². The van der Waals surface area contributed by atoms with Gasteiger partial charge in [0.1, 0.15) is 0 Å². The van der Waals surface area contributed by atoms with E-state index in [4.69, 9.17) is 0 Å². The molecule has 21 heavy (non-hydrogen) atoms. The van der Waals surface area contributed by atoms with Crippen molar-refractivity contribution in [1.82, 2.24) is 20.0 Å². The molecular weight excluding hydrogens is 311 g/mol. The summed E-state index contributed by atoms with van der Waals surface area (Å²) >= 11 is 0. The SMILES string of the molecule is Cl.Cl.Cn1cc(C2CCCN2C(=O)C2CCCNC2)cn1. The molecule has 2 saturated heterocycles. The van der Waals surface area contributed by atoms with Crippen LogP contribution in [0, 0.1) is 5.92 Å². The van der Waals surface area contributed by atoms with Crippen LogP contribution >= 0.6 is 24.8 Å². The third-order valence-electron chi connectivity index (χ3n) is 4.29. The number of nitrogens with one attached hydrogen (secondary N) is 1. The second-order valence-electron chi connectivity index (χ2n) is 5.68. The normalized spacial score (nSPS) is 25.1. The number of nitrogens with zero attached hydrogens (tertiary/aromatic N) is 3. The van der Waals surface area contributed by atoms with Crippen LogP contribution < -0.4 is 5.32 Å². The number of aromatic nitrogens is 2. The maximum atomic E-state index is 12.6. The summed E-state index contributed by atoms with van der Waals surface area (Å²) < 4.78 is 1.82. The molecule has 0 aliphatic carbocycles. The van der Waals surface area contributed by atoms with E-state index in [-0.39, 0.29) is 36.8 Å². The molecule has 0 saturated carbocycles. The number of rotatable bonds is 2. The fourth-order valence-corrected chi connectivity index (χ4v) is 3.29. The first-order chi connectivity index (χ1) is 9.25. The van der Waals surface area contributed by atoms with Crippen LogP contribution in [0.15, 0.2) is 12.4 Å². The summed E-state index contributed by atoms with van der Waals surface area (Å²) in [6, 6.07) is 0.239. The minimum Gasteiger partial charge on any atom is -0.335 e. The summed E-state index contributed by atoms with van der Waals surface area (Å²) in [4.78, 5) is 14.7. The standard InChI is InChI=1S/C14H22N4O.2ClH/c1-17-10-12(9-16-17)13-5-3-7-18(13)14(19)11-4-2-6-15-8-11;;/h9-11,13,15H,2-8H2,1H3;2*1H. The predicted molar refractivity (Wildman–Crippen MR) is 87.0 cm³/mol. The monoisotopic (exact) mass is 334 g/mol. The van der Waals surface area contributed by atoms with E-state index < -0.39 is 0 Å². The van der Waals surface area contributed by atoms with Gasteiger partial charge in [-0.05, 0) is 32.2 Å². The summed E-state index contributed by atoms with van der Waals surface area (Å²) in [5.41, 5.74) is 1.18. The molecule has 1 amide bonds. The van der Waals surface area contributed by atoms with Gasteiger partial charge in [-0.1, -0.05) is 0 Å². The highest BCUT2D eigenvalue weighted by Gasteiger charge is 2.34. The molecule has 0 aromatic carbocycles. The highest BCUT2D eigenvalue weighted by molar-refractivity contribution is 5.85. The van der Waals surface area contributed by atoms with Gasteiger partial charge >= 0.3 is 0 Å². The molecule has 5 nitrogen and oxygen atoms in total. The van der Waals surface area contributed by atoms with Gasteiger partial charge in [-0.2, -0.15) is 5.10 Å². The molecule has 2 aliphatic rings. The highest BCUT2D eigenvalue weighted by atomic mass is 35.5. The van der Waals surface area contributed by atoms with Crippen LogP contribution in [0.3, 0.4) is 0 Å². The van der Waals surface area contributed by atoms with Crippen LogP contribution in [0.5, 0.6) is 0 Å². The van der Waals surface area contributed by atoms with Crippen LogP contribution in [0.1, 0.15) is 37.3 Å². The molecule has 1 aromatic rings. The van der Waals surface area contributed by atoms with Gasteiger partial charge in [0.25, 0.3) is 0 Å². The smallest absolute Gasteiger partial charge is 0.227 e. The Morgan fingerprint density at radius 1 is 1.33 bits per heavy atom. The van der Waals surface area contributed by atoms with Crippen LogP contribution in [-0.2, 0) is 11.8 Å². The van der Waals surface area contributed by atoms with Crippen molar-refractivity contribution in [3.8, 4) is 0 Å². The minimum atomic E-state index is 0. The van der Waals surface area contributed by atoms with E-state index in [0.29, 0.717) is 5.91 Å². The van der Waals surface area contributed by atoms with Crippen LogP contribution in [0.2, 0.25) is 0 Å². The Hall–Kier alpha value is -0.780. The van der Waals surface area contributed by atoms with Gasteiger partial charge in [-0.25, -0.2) is 0 Å². The number of hydrogen-bond acceptors (Lipinski definition) is 3. The summed E-state index contributed by atoms with van der Waals surface area (Å²) in [5.74, 6) is 0.504. The number of likely N-dealkylation sites (tertiary alicyclic amines) is 1. The maximum absolute atomic E-state index is 12.6. The van der Waals surface area contributed by atoms with Crippen molar-refractivity contribution in [2.75, 3.05) is 19.6 Å². The van der Waals surface area contributed by atoms with Crippen molar-refractivity contribution < 1.29 is 4.79 Å². The molecule has 2 fully saturated rings. The quantitative estimate of drug-likeness (QED) is 0.898. The first-order valence-corrected chi connectivity index (χ1v) is 7.25. The van der Waals surface area contributed by atoms with E-state index in [1.807, 2.05) is 24.1 Å². The molecule has 0 spiro atoms. The van der Waals surface area contributed by atoms with Gasteiger partial charge in [0.15, 0.2) is 0 Å². The Kier molecular flexibility index (Phi) is 6.97. The zero-order valence-electron chi connectivity index (χ0n) is 12.3. The van der Waals surface area contributed by atoms with Gasteiger partial charge in [0, 0.05) is 31.9 Å². The van der Waals surface area contributed by atoms with Crippen LogP contribution in [0.4, 0.5) is 0 Å². The topological polar surface area (TPSA) is 50.2 Å². The Morgan fingerprint density at radius 2 is 2.14 bits per heavy atom. The van der Waals surface area contributed by atoms with E-state index in [0.717, 1.165) is 45.3 Å². The maximum Gasteiger partial charge on any atom is 0.227 e. The summed E-state index contributed by atoms with van der Waals surface area (Å²) in [7, 11) is 1.93. The molecule has 7 heteroatoms. The average molecular weight is 335 g/mol. The van der Waals surface area contributed by atoms with Gasteiger partial charge < -0.3 is 10.2 Å². The number of carbonyl (C=O) groups is 1. The van der Waals surface area contributed by atoms with E-state index >= 15 is 0 Å². The van der Waals surface area contributed by atoms with Crippen molar-refractivity contribution in [2.45, 2.75) is 31.7 Å². The molecule has 1 N–H and O–H groups in total. The zero-order valence-corrected chi connectivity index (χ0v) is 14.0. The molecular formula is C14H24Cl2N4O. The summed E-state index contributed by atoms with van der Waals surface area (Å²) in [5, 5.41) is 7.57. The molecule has 3 rings (SSSR count). The minimum absolute atomic E-state index is 0. The highest BCUT2D eigenvalue weighted by Crippen LogP contribution is 2.33. The third kappa shape index (κ3) is 3.90. The molecule has 120 valence electrons. The Morgan fingerprint density at radius 3 is 2.76 bits per heavy atom. The Labute approximate surface area is 138 Å². The fourth-order valence-electron chi connectivity index (χ4n) is 3.29. The van der Waals surface area contributed by atoms with Gasteiger partial charge in [0.2, 0.25) is 5.91 Å². The van der Waals surface area contributed by atoms with Crippen LogP contribution in [0.25, 0.3) is 0 Å². The van der Waals surface area contributed by atoms with Gasteiger partial charge in [0.05, 0.1) is 18.2 Å². The van der Waals surface area contributed by atoms with Crippen LogP contribution in [-0.4, -0.2) is 40.2 Å². The molecule has 3 heterocycles. The zero-order chi connectivity index (χ0) is 13.2. The molecule has 0 bridgehead atoms. The number of carbonyl (C=O) groups excluding carboxylic acids is 1.